The van der Waals surface area contributed by atoms with E-state index in [9.17, 15) is 19.5 Å². The fourth-order valence-electron chi connectivity index (χ4n) is 2.39. The van der Waals surface area contributed by atoms with Crippen molar-refractivity contribution in [2.45, 2.75) is 44.7 Å². The minimum atomic E-state index is -1.19. The Balaban J connectivity index is 2.60. The van der Waals surface area contributed by atoms with Crippen molar-refractivity contribution >= 4 is 34.9 Å². The summed E-state index contributed by atoms with van der Waals surface area (Å²) in [5.74, 6) is -1.59. The van der Waals surface area contributed by atoms with Gasteiger partial charge in [-0.15, -0.1) is 11.6 Å². The first kappa shape index (κ1) is 17.3. The van der Waals surface area contributed by atoms with Crippen LogP contribution in [0.25, 0.3) is 0 Å². The average molecular weight is 340 g/mol. The summed E-state index contributed by atoms with van der Waals surface area (Å²) < 4.78 is 5.66. The number of carboxylic acids is 1. The van der Waals surface area contributed by atoms with Gasteiger partial charge in [0, 0.05) is 5.56 Å². The topological polar surface area (TPSA) is 83.9 Å². The van der Waals surface area contributed by atoms with Crippen LogP contribution in [0.3, 0.4) is 0 Å². The highest BCUT2D eigenvalue weighted by atomic mass is 35.5. The van der Waals surface area contributed by atoms with Crippen LogP contribution in [-0.2, 0) is 9.59 Å². The first-order chi connectivity index (χ1) is 10.6. The lowest BCUT2D eigenvalue weighted by Gasteiger charge is -2.40. The lowest BCUT2D eigenvalue weighted by Crippen LogP contribution is -2.57. The van der Waals surface area contributed by atoms with Gasteiger partial charge in [-0.2, -0.15) is 0 Å². The molecule has 2 rings (SSSR count). The second kappa shape index (κ2) is 5.85. The molecule has 0 saturated heterocycles. The summed E-state index contributed by atoms with van der Waals surface area (Å²) in [4.78, 5) is 37.2. The molecule has 1 aromatic carbocycles. The van der Waals surface area contributed by atoms with Crippen molar-refractivity contribution < 1.29 is 24.2 Å². The Bertz CT molecular complexity index is 683. The summed E-state index contributed by atoms with van der Waals surface area (Å²) >= 11 is 5.81. The second-order valence-corrected chi connectivity index (χ2v) is 6.62. The van der Waals surface area contributed by atoms with Crippen LogP contribution in [0, 0.1) is 0 Å². The van der Waals surface area contributed by atoms with Crippen molar-refractivity contribution in [1.82, 2.24) is 0 Å². The molecule has 0 spiro atoms. The average Bonchev–Trinajstić information content (AvgIpc) is 2.46. The number of carbonyl (C=O) groups is 3. The third kappa shape index (κ3) is 3.03. The van der Waals surface area contributed by atoms with E-state index >= 15 is 0 Å². The first-order valence-electron chi connectivity index (χ1n) is 7.14. The third-order valence-electron chi connectivity index (χ3n) is 3.71. The van der Waals surface area contributed by atoms with Crippen molar-refractivity contribution in [3.8, 4) is 5.75 Å². The Morgan fingerprint density at radius 2 is 1.91 bits per heavy atom. The standard InChI is InChI=1S/C16H18ClNO5/c1-8(17)13(19)10-5-6-12-11(7-10)18(9(2)14(20)21)15(22)16(3,4)23-12/h5-9H,1-4H3,(H,20,21). The molecule has 23 heavy (non-hydrogen) atoms. The van der Waals surface area contributed by atoms with Gasteiger partial charge in [0.15, 0.2) is 11.4 Å². The molecule has 0 bridgehead atoms. The largest absolute Gasteiger partial charge is 0.480 e. The number of carboxylic acid groups (broad SMARTS) is 1. The van der Waals surface area contributed by atoms with Gasteiger partial charge in [-0.05, 0) is 45.9 Å². The predicted molar refractivity (Wildman–Crippen MR) is 85.4 cm³/mol. The number of anilines is 1. The fourth-order valence-corrected chi connectivity index (χ4v) is 2.51. The van der Waals surface area contributed by atoms with Gasteiger partial charge in [-0.25, -0.2) is 4.79 Å². The maximum Gasteiger partial charge on any atom is 0.326 e. The number of ether oxygens (including phenoxy) is 1. The Labute approximate surface area is 139 Å². The Morgan fingerprint density at radius 1 is 1.30 bits per heavy atom. The number of hydrogen-bond donors (Lipinski definition) is 1. The van der Waals surface area contributed by atoms with Crippen LogP contribution >= 0.6 is 11.6 Å². The number of hydrogen-bond acceptors (Lipinski definition) is 4. The zero-order chi connectivity index (χ0) is 17.5. The van der Waals surface area contributed by atoms with Gasteiger partial charge >= 0.3 is 5.97 Å². The molecule has 124 valence electrons. The maximum absolute atomic E-state index is 12.6. The van der Waals surface area contributed by atoms with E-state index in [1.807, 2.05) is 0 Å². The number of ketones is 1. The summed E-state index contributed by atoms with van der Waals surface area (Å²) in [6, 6.07) is 3.46. The smallest absolute Gasteiger partial charge is 0.326 e. The van der Waals surface area contributed by atoms with Crippen LogP contribution in [0.5, 0.6) is 5.75 Å². The van der Waals surface area contributed by atoms with Crippen LogP contribution in [0.15, 0.2) is 18.2 Å². The molecular weight excluding hydrogens is 322 g/mol. The maximum atomic E-state index is 12.6. The van der Waals surface area contributed by atoms with E-state index < -0.39 is 28.9 Å². The molecule has 7 heteroatoms. The van der Waals surface area contributed by atoms with Crippen LogP contribution < -0.4 is 9.64 Å². The molecule has 1 heterocycles. The first-order valence-corrected chi connectivity index (χ1v) is 7.57. The molecular formula is C16H18ClNO5. The summed E-state index contributed by atoms with van der Waals surface area (Å²) in [7, 11) is 0. The number of amides is 1. The number of rotatable bonds is 4. The Kier molecular flexibility index (Phi) is 4.39. The van der Waals surface area contributed by atoms with E-state index in [0.717, 1.165) is 4.90 Å². The molecule has 1 N–H and O–H groups in total. The number of nitrogens with zero attached hydrogens (tertiary/aromatic N) is 1. The zero-order valence-corrected chi connectivity index (χ0v) is 14.0. The monoisotopic (exact) mass is 339 g/mol. The lowest BCUT2D eigenvalue weighted by atomic mass is 9.99. The molecule has 0 aliphatic carbocycles. The highest BCUT2D eigenvalue weighted by Gasteiger charge is 2.44. The van der Waals surface area contributed by atoms with E-state index in [2.05, 4.69) is 0 Å². The molecule has 1 amide bonds. The van der Waals surface area contributed by atoms with Crippen molar-refractivity contribution in [3.05, 3.63) is 23.8 Å². The van der Waals surface area contributed by atoms with Gasteiger partial charge in [-0.3, -0.25) is 14.5 Å². The highest BCUT2D eigenvalue weighted by Crippen LogP contribution is 2.39. The molecule has 0 aromatic heterocycles. The number of carbonyl (C=O) groups excluding carboxylic acids is 2. The lowest BCUT2D eigenvalue weighted by molar-refractivity contribution is -0.142. The molecule has 0 radical (unpaired) electrons. The number of Topliss-reactive ketones (excluding diaryl/α,β-unsaturated/α-hetero) is 1. The fraction of sp³-hybridized carbons (Fsp3) is 0.438. The number of fused-ring (bicyclic) bond motifs is 1. The van der Waals surface area contributed by atoms with E-state index in [-0.39, 0.29) is 11.5 Å². The quantitative estimate of drug-likeness (QED) is 0.673. The van der Waals surface area contributed by atoms with Crippen LogP contribution in [-0.4, -0.2) is 39.8 Å². The summed E-state index contributed by atoms with van der Waals surface area (Å²) in [6.45, 7) is 6.09. The second-order valence-electron chi connectivity index (χ2n) is 5.96. The van der Waals surface area contributed by atoms with E-state index in [1.165, 1.54) is 13.0 Å². The Morgan fingerprint density at radius 3 is 2.43 bits per heavy atom. The van der Waals surface area contributed by atoms with Crippen molar-refractivity contribution in [3.63, 3.8) is 0 Å². The van der Waals surface area contributed by atoms with Crippen LogP contribution in [0.1, 0.15) is 38.1 Å². The number of benzene rings is 1. The number of halogens is 1. The van der Waals surface area contributed by atoms with Crippen LogP contribution in [0.4, 0.5) is 5.69 Å². The van der Waals surface area contributed by atoms with Gasteiger partial charge in [-0.1, -0.05) is 0 Å². The summed E-state index contributed by atoms with van der Waals surface area (Å²) in [5, 5.41) is 8.56. The van der Waals surface area contributed by atoms with Crippen molar-refractivity contribution in [1.29, 1.82) is 0 Å². The minimum absolute atomic E-state index is 0.257. The molecule has 2 unspecified atom stereocenters. The minimum Gasteiger partial charge on any atom is -0.480 e. The molecule has 0 fully saturated rings. The molecule has 0 saturated carbocycles. The Hall–Kier alpha value is -2.08. The van der Waals surface area contributed by atoms with Crippen LogP contribution in [0.2, 0.25) is 0 Å². The third-order valence-corrected chi connectivity index (χ3v) is 3.91. The highest BCUT2D eigenvalue weighted by molar-refractivity contribution is 6.33. The molecule has 1 aromatic rings. The molecule has 1 aliphatic heterocycles. The van der Waals surface area contributed by atoms with Gasteiger partial charge < -0.3 is 9.84 Å². The zero-order valence-electron chi connectivity index (χ0n) is 13.3. The normalized spacial score (nSPS) is 18.7. The molecule has 1 aliphatic rings. The van der Waals surface area contributed by atoms with Crippen molar-refractivity contribution in [2.75, 3.05) is 4.90 Å². The van der Waals surface area contributed by atoms with Gasteiger partial charge in [0.25, 0.3) is 5.91 Å². The number of aliphatic carboxylic acids is 1. The van der Waals surface area contributed by atoms with E-state index in [0.29, 0.717) is 11.3 Å². The predicted octanol–water partition coefficient (Wildman–Crippen LogP) is 2.47. The molecule has 6 nitrogen and oxygen atoms in total. The summed E-state index contributed by atoms with van der Waals surface area (Å²) in [5.41, 5.74) is -0.639. The van der Waals surface area contributed by atoms with E-state index in [1.54, 1.807) is 32.9 Å². The SMILES string of the molecule is CC(Cl)C(=O)c1ccc2c(c1)N(C(C)C(=O)O)C(=O)C(C)(C)O2. The van der Waals surface area contributed by atoms with Gasteiger partial charge in [0.1, 0.15) is 11.8 Å². The van der Waals surface area contributed by atoms with Crippen molar-refractivity contribution in [2.24, 2.45) is 0 Å². The van der Waals surface area contributed by atoms with Gasteiger partial charge in [0.05, 0.1) is 11.1 Å². The van der Waals surface area contributed by atoms with Gasteiger partial charge in [0.2, 0.25) is 0 Å². The summed E-state index contributed by atoms with van der Waals surface area (Å²) in [6.07, 6.45) is 0. The number of alkyl halides is 1. The van der Waals surface area contributed by atoms with E-state index in [4.69, 9.17) is 16.3 Å². The molecule has 2 atom stereocenters.